The van der Waals surface area contributed by atoms with Crippen molar-refractivity contribution < 1.29 is 9.47 Å². The lowest BCUT2D eigenvalue weighted by molar-refractivity contribution is -0.149. The van der Waals surface area contributed by atoms with E-state index in [4.69, 9.17) is 15.2 Å². The summed E-state index contributed by atoms with van der Waals surface area (Å²) in [4.78, 5) is 22.3. The van der Waals surface area contributed by atoms with Crippen molar-refractivity contribution in [2.24, 2.45) is 0 Å². The van der Waals surface area contributed by atoms with E-state index in [1.54, 1.807) is 0 Å². The fraction of sp³-hybridized carbons (Fsp3) is 0.333. The molecule has 6 heteroatoms. The van der Waals surface area contributed by atoms with Gasteiger partial charge in [-0.3, -0.25) is 9.59 Å². The lowest BCUT2D eigenvalue weighted by Gasteiger charge is -2.22. The molecule has 3 N–H and O–H groups in total. The van der Waals surface area contributed by atoms with Crippen LogP contribution in [0.15, 0.2) is 33.9 Å². The van der Waals surface area contributed by atoms with Gasteiger partial charge in [0.25, 0.3) is 10.9 Å². The number of nitrogens with two attached hydrogens (primary N) is 1. The van der Waals surface area contributed by atoms with Gasteiger partial charge < -0.3 is 20.5 Å². The van der Waals surface area contributed by atoms with Crippen LogP contribution in [-0.2, 0) is 21.8 Å². The highest BCUT2D eigenvalue weighted by atomic mass is 16.7. The molecule has 0 aliphatic carbocycles. The minimum absolute atomic E-state index is 0.0110. The maximum Gasteiger partial charge on any atom is 0.253 e. The number of hydrogen-bond acceptors (Lipinski definition) is 6. The molecule has 2 aromatic carbocycles. The van der Waals surface area contributed by atoms with Gasteiger partial charge in [-0.15, -0.1) is 0 Å². The first kappa shape index (κ1) is 13.8. The van der Waals surface area contributed by atoms with E-state index in [2.05, 4.69) is 5.32 Å². The van der Waals surface area contributed by atoms with Gasteiger partial charge >= 0.3 is 0 Å². The Kier molecular flexibility index (Phi) is 3.27. The van der Waals surface area contributed by atoms with Crippen molar-refractivity contribution in [3.8, 4) is 0 Å². The van der Waals surface area contributed by atoms with Crippen molar-refractivity contribution in [1.82, 2.24) is 0 Å². The Bertz CT molecular complexity index is 723. The maximum atomic E-state index is 11.3. The monoisotopic (exact) mass is 288 g/mol. The lowest BCUT2D eigenvalue weighted by atomic mass is 10.0. The first-order chi connectivity index (χ1) is 10.0. The number of rotatable bonds is 4. The summed E-state index contributed by atoms with van der Waals surface area (Å²) < 4.78 is 11.2. The maximum absolute atomic E-state index is 11.3. The van der Waals surface area contributed by atoms with Crippen molar-refractivity contribution in [1.29, 1.82) is 0 Å². The zero-order chi connectivity index (χ0) is 15.0. The molecule has 0 atom stereocenters. The third kappa shape index (κ3) is 2.32. The molecular formula is C15H16N2O4. The van der Waals surface area contributed by atoms with Gasteiger partial charge in [-0.2, -0.15) is 0 Å². The van der Waals surface area contributed by atoms with Crippen LogP contribution < -0.4 is 21.9 Å². The van der Waals surface area contributed by atoms with Crippen LogP contribution in [0.25, 0.3) is 0 Å². The molecule has 0 radical (unpaired) electrons. The van der Waals surface area contributed by atoms with Crippen LogP contribution in [0.4, 0.5) is 11.4 Å². The number of nitrogen functional groups attached to an aromatic ring is 1. The number of hydrogen-bond donors (Lipinski definition) is 2. The minimum atomic E-state index is -0.685. The minimum Gasteiger partial charge on any atom is -0.394 e. The van der Waals surface area contributed by atoms with Crippen LogP contribution >= 0.6 is 0 Å². The Morgan fingerprint density at radius 2 is 1.76 bits per heavy atom. The second-order valence-corrected chi connectivity index (χ2v) is 5.14. The Morgan fingerprint density at radius 3 is 2.33 bits per heavy atom. The topological polar surface area (TPSA) is 90.7 Å². The molecule has 1 heterocycles. The van der Waals surface area contributed by atoms with Crippen LogP contribution in [0.5, 0.6) is 0 Å². The molecule has 3 rings (SSSR count). The molecule has 0 aromatic heterocycles. The van der Waals surface area contributed by atoms with Crippen LogP contribution in [0, 0.1) is 0 Å². The van der Waals surface area contributed by atoms with Gasteiger partial charge in [-0.1, -0.05) is 24.3 Å². The molecule has 2 aromatic rings. The molecule has 1 aliphatic heterocycles. The van der Waals surface area contributed by atoms with Crippen LogP contribution in [0.1, 0.15) is 18.1 Å². The second kappa shape index (κ2) is 4.98. The van der Waals surface area contributed by atoms with E-state index in [-0.39, 0.29) is 11.4 Å². The number of nitrogens with one attached hydrogen (secondary N) is 1. The summed E-state index contributed by atoms with van der Waals surface area (Å²) in [7, 11) is 0. The van der Waals surface area contributed by atoms with E-state index in [1.165, 1.54) is 0 Å². The van der Waals surface area contributed by atoms with Crippen molar-refractivity contribution in [3.05, 3.63) is 55.8 Å². The molecule has 21 heavy (non-hydrogen) atoms. The fourth-order valence-corrected chi connectivity index (χ4v) is 2.38. The average Bonchev–Trinajstić information content (AvgIpc) is 2.95. The molecule has 0 amide bonds. The van der Waals surface area contributed by atoms with E-state index in [0.29, 0.717) is 19.8 Å². The number of benzene rings is 1. The predicted octanol–water partition coefficient (Wildman–Crippen LogP) is 0.696. The molecule has 0 spiro atoms. The molecule has 1 fully saturated rings. The van der Waals surface area contributed by atoms with E-state index in [0.717, 1.165) is 11.1 Å². The Hall–Kier alpha value is -2.18. The molecule has 110 valence electrons. The SMILES string of the molecule is CC1(c2ccc(CNc3c(N)c(=O)c3=O)cc2)OCCO1. The predicted molar refractivity (Wildman–Crippen MR) is 78.8 cm³/mol. The van der Waals surface area contributed by atoms with E-state index >= 15 is 0 Å². The van der Waals surface area contributed by atoms with Gasteiger partial charge in [0.2, 0.25) is 0 Å². The van der Waals surface area contributed by atoms with Gasteiger partial charge in [0.15, 0.2) is 5.79 Å². The Labute approximate surface area is 121 Å². The van der Waals surface area contributed by atoms with E-state index in [1.807, 2.05) is 31.2 Å². The van der Waals surface area contributed by atoms with Gasteiger partial charge in [0, 0.05) is 12.1 Å². The van der Waals surface area contributed by atoms with Crippen LogP contribution in [-0.4, -0.2) is 13.2 Å². The first-order valence-electron chi connectivity index (χ1n) is 6.71. The number of ether oxygens (including phenoxy) is 2. The van der Waals surface area contributed by atoms with Crippen LogP contribution in [0.2, 0.25) is 0 Å². The molecule has 0 unspecified atom stereocenters. The first-order valence-corrected chi connectivity index (χ1v) is 6.71. The summed E-state index contributed by atoms with van der Waals surface area (Å²) in [5, 5.41) is 2.89. The lowest BCUT2D eigenvalue weighted by Crippen LogP contribution is -2.36. The van der Waals surface area contributed by atoms with Crippen molar-refractivity contribution in [3.63, 3.8) is 0 Å². The van der Waals surface area contributed by atoms with E-state index in [9.17, 15) is 9.59 Å². The Balaban J connectivity index is 1.68. The largest absolute Gasteiger partial charge is 0.394 e. The highest BCUT2D eigenvalue weighted by Crippen LogP contribution is 2.30. The average molecular weight is 288 g/mol. The summed E-state index contributed by atoms with van der Waals surface area (Å²) in [5.74, 6) is -0.685. The van der Waals surface area contributed by atoms with Crippen molar-refractivity contribution in [2.45, 2.75) is 19.3 Å². The highest BCUT2D eigenvalue weighted by Gasteiger charge is 2.32. The smallest absolute Gasteiger partial charge is 0.253 e. The molecule has 0 saturated carbocycles. The third-order valence-corrected chi connectivity index (χ3v) is 3.73. The normalized spacial score (nSPS) is 17.2. The number of anilines is 2. The van der Waals surface area contributed by atoms with Gasteiger partial charge in [0.05, 0.1) is 13.2 Å². The molecule has 0 bridgehead atoms. The van der Waals surface area contributed by atoms with Gasteiger partial charge in [-0.25, -0.2) is 0 Å². The summed E-state index contributed by atoms with van der Waals surface area (Å²) >= 11 is 0. The highest BCUT2D eigenvalue weighted by molar-refractivity contribution is 5.71. The van der Waals surface area contributed by atoms with Crippen molar-refractivity contribution >= 4 is 11.4 Å². The molecule has 1 aliphatic rings. The van der Waals surface area contributed by atoms with Crippen LogP contribution in [0.3, 0.4) is 0 Å². The summed E-state index contributed by atoms with van der Waals surface area (Å²) in [6, 6.07) is 7.68. The van der Waals surface area contributed by atoms with E-state index < -0.39 is 16.6 Å². The standard InChI is InChI=1S/C15H16N2O4/c1-15(20-6-7-21-15)10-4-2-9(3-5-10)8-17-12-11(16)13(18)14(12)19/h2-5,17H,6-8,16H2,1H3. The van der Waals surface area contributed by atoms with Gasteiger partial charge in [0.1, 0.15) is 11.4 Å². The second-order valence-electron chi connectivity index (χ2n) is 5.14. The zero-order valence-electron chi connectivity index (χ0n) is 11.6. The third-order valence-electron chi connectivity index (χ3n) is 3.73. The van der Waals surface area contributed by atoms with Gasteiger partial charge in [-0.05, 0) is 12.5 Å². The molecule has 1 saturated heterocycles. The summed E-state index contributed by atoms with van der Waals surface area (Å²) in [5.41, 5.74) is 6.42. The quantitative estimate of drug-likeness (QED) is 0.805. The zero-order valence-corrected chi connectivity index (χ0v) is 11.6. The molecular weight excluding hydrogens is 272 g/mol. The summed E-state index contributed by atoms with van der Waals surface area (Å²) in [6.07, 6.45) is 0. The van der Waals surface area contributed by atoms with Crippen molar-refractivity contribution in [2.75, 3.05) is 24.3 Å². The molecule has 6 nitrogen and oxygen atoms in total. The Morgan fingerprint density at radius 1 is 1.14 bits per heavy atom. The summed E-state index contributed by atoms with van der Waals surface area (Å²) in [6.45, 7) is 3.48. The fourth-order valence-electron chi connectivity index (χ4n) is 2.38.